The molecule has 0 saturated heterocycles. The first-order valence-corrected chi connectivity index (χ1v) is 8.92. The molecule has 26 heavy (non-hydrogen) atoms. The lowest BCUT2D eigenvalue weighted by molar-refractivity contribution is 0.0969. The Labute approximate surface area is 166 Å². The minimum atomic E-state index is -0.383. The average molecular weight is 439 g/mol. The second-order valence-corrected chi connectivity index (χ2v) is 6.41. The number of benzene rings is 2. The van der Waals surface area contributed by atoms with Crippen LogP contribution in [-0.2, 0) is 4.74 Å². The van der Waals surface area contributed by atoms with E-state index in [1.54, 1.807) is 44.6 Å². The van der Waals surface area contributed by atoms with Crippen LogP contribution in [-0.4, -0.2) is 38.5 Å². The van der Waals surface area contributed by atoms with Crippen molar-refractivity contribution in [1.29, 1.82) is 0 Å². The van der Waals surface area contributed by atoms with Crippen LogP contribution in [0.1, 0.15) is 10.4 Å². The molecule has 0 spiro atoms. The molecular weight excluding hydrogens is 420 g/mol. The van der Waals surface area contributed by atoms with Crippen LogP contribution < -0.4 is 20.1 Å². The highest BCUT2D eigenvalue weighted by molar-refractivity contribution is 9.10. The Balaban J connectivity index is 2.08. The fraction of sp³-hybridized carbons (Fsp3) is 0.222. The second-order valence-electron chi connectivity index (χ2n) is 5.09. The summed E-state index contributed by atoms with van der Waals surface area (Å²) in [4.78, 5) is 12.6. The molecule has 0 aliphatic carbocycles. The molecule has 0 heterocycles. The van der Waals surface area contributed by atoms with E-state index < -0.39 is 0 Å². The van der Waals surface area contributed by atoms with Crippen molar-refractivity contribution in [3.8, 4) is 11.5 Å². The van der Waals surface area contributed by atoms with Gasteiger partial charge < -0.3 is 19.5 Å². The summed E-state index contributed by atoms with van der Waals surface area (Å²) in [7, 11) is 3.15. The molecule has 6 nitrogen and oxygen atoms in total. The molecule has 0 radical (unpaired) electrons. The fourth-order valence-electron chi connectivity index (χ4n) is 2.11. The maximum atomic E-state index is 12.6. The molecule has 0 bridgehead atoms. The molecule has 2 N–H and O–H groups in total. The Morgan fingerprint density at radius 3 is 2.62 bits per heavy atom. The van der Waals surface area contributed by atoms with Gasteiger partial charge in [-0.2, -0.15) is 0 Å². The van der Waals surface area contributed by atoms with Crippen molar-refractivity contribution in [2.75, 3.05) is 32.8 Å². The quantitative estimate of drug-likeness (QED) is 0.508. The number of carbonyl (C=O) groups is 1. The van der Waals surface area contributed by atoms with E-state index in [2.05, 4.69) is 26.6 Å². The smallest absolute Gasteiger partial charge is 0.261 e. The van der Waals surface area contributed by atoms with E-state index in [1.165, 1.54) is 0 Å². The van der Waals surface area contributed by atoms with Crippen LogP contribution in [0.25, 0.3) is 0 Å². The Morgan fingerprint density at radius 2 is 1.88 bits per heavy atom. The lowest BCUT2D eigenvalue weighted by Gasteiger charge is -2.14. The van der Waals surface area contributed by atoms with Gasteiger partial charge in [-0.1, -0.05) is 28.1 Å². The Morgan fingerprint density at radius 1 is 1.12 bits per heavy atom. The summed E-state index contributed by atoms with van der Waals surface area (Å²) >= 11 is 8.59. The van der Waals surface area contributed by atoms with Gasteiger partial charge in [-0.3, -0.25) is 10.1 Å². The molecule has 0 saturated carbocycles. The molecule has 1 amide bonds. The van der Waals surface area contributed by atoms with E-state index in [0.29, 0.717) is 36.0 Å². The molecule has 2 aromatic rings. The first kappa shape index (κ1) is 20.2. The predicted molar refractivity (Wildman–Crippen MR) is 108 cm³/mol. The van der Waals surface area contributed by atoms with Crippen LogP contribution >= 0.6 is 28.1 Å². The minimum absolute atomic E-state index is 0.155. The van der Waals surface area contributed by atoms with Crippen molar-refractivity contribution in [2.45, 2.75) is 0 Å². The third kappa shape index (κ3) is 5.69. The molecule has 0 unspecified atom stereocenters. The molecule has 138 valence electrons. The minimum Gasteiger partial charge on any atom is -0.495 e. The van der Waals surface area contributed by atoms with Crippen LogP contribution in [0.15, 0.2) is 46.9 Å². The molecule has 2 rings (SSSR count). The Kier molecular flexibility index (Phi) is 7.83. The number of halogens is 1. The topological polar surface area (TPSA) is 68.8 Å². The van der Waals surface area contributed by atoms with Gasteiger partial charge in [-0.05, 0) is 42.5 Å². The summed E-state index contributed by atoms with van der Waals surface area (Å²) in [6.45, 7) is 0.757. The summed E-state index contributed by atoms with van der Waals surface area (Å²) in [5.41, 5.74) is 1.02. The summed E-state index contributed by atoms with van der Waals surface area (Å²) in [5.74, 6) is 0.684. The second kappa shape index (κ2) is 10.1. The van der Waals surface area contributed by atoms with Gasteiger partial charge in [0.05, 0.1) is 25.0 Å². The highest BCUT2D eigenvalue weighted by Gasteiger charge is 2.15. The predicted octanol–water partition coefficient (Wildman–Crippen LogP) is 3.61. The zero-order valence-electron chi connectivity index (χ0n) is 14.4. The zero-order chi connectivity index (χ0) is 18.9. The number of para-hydroxylation sites is 2. The molecule has 0 aliphatic rings. The third-order valence-electron chi connectivity index (χ3n) is 3.31. The molecule has 2 aromatic carbocycles. The van der Waals surface area contributed by atoms with Gasteiger partial charge in [0.1, 0.15) is 18.1 Å². The summed E-state index contributed by atoms with van der Waals surface area (Å²) in [5, 5.41) is 5.75. The van der Waals surface area contributed by atoms with Crippen LogP contribution in [0.2, 0.25) is 0 Å². The summed E-state index contributed by atoms with van der Waals surface area (Å²) in [6.07, 6.45) is 0. The Hall–Kier alpha value is -2.16. The number of hydrogen-bond acceptors (Lipinski definition) is 5. The van der Waals surface area contributed by atoms with Gasteiger partial charge in [0.2, 0.25) is 0 Å². The maximum absolute atomic E-state index is 12.6. The normalized spacial score (nSPS) is 10.1. The number of thiocarbonyl (C=S) groups is 1. The Bertz CT molecular complexity index is 786. The van der Waals surface area contributed by atoms with E-state index in [4.69, 9.17) is 26.4 Å². The number of carbonyl (C=O) groups excluding carboxylic acids is 1. The van der Waals surface area contributed by atoms with Crippen molar-refractivity contribution in [3.05, 3.63) is 52.5 Å². The standard InChI is InChI=1S/C18H19BrN2O4S/c1-23-9-10-25-15-8-7-12(19)11-13(15)17(22)21-18(26)20-14-5-3-4-6-16(14)24-2/h3-8,11H,9-10H2,1-2H3,(H2,20,21,22,26). The van der Waals surface area contributed by atoms with Gasteiger partial charge >= 0.3 is 0 Å². The number of anilines is 1. The van der Waals surface area contributed by atoms with Crippen LogP contribution in [0.3, 0.4) is 0 Å². The number of methoxy groups -OCH3 is 2. The fourth-order valence-corrected chi connectivity index (χ4v) is 2.68. The van der Waals surface area contributed by atoms with Crippen LogP contribution in [0.4, 0.5) is 5.69 Å². The first-order chi connectivity index (χ1) is 12.5. The average Bonchev–Trinajstić information content (AvgIpc) is 2.63. The highest BCUT2D eigenvalue weighted by atomic mass is 79.9. The number of ether oxygens (including phenoxy) is 3. The van der Waals surface area contributed by atoms with E-state index in [1.807, 2.05) is 12.1 Å². The zero-order valence-corrected chi connectivity index (χ0v) is 16.8. The molecule has 0 aromatic heterocycles. The number of nitrogens with one attached hydrogen (secondary N) is 2. The van der Waals surface area contributed by atoms with Gasteiger partial charge in [0.15, 0.2) is 5.11 Å². The van der Waals surface area contributed by atoms with E-state index in [-0.39, 0.29) is 11.0 Å². The molecular formula is C18H19BrN2O4S. The van der Waals surface area contributed by atoms with Gasteiger partial charge in [0.25, 0.3) is 5.91 Å². The van der Waals surface area contributed by atoms with Crippen molar-refractivity contribution < 1.29 is 19.0 Å². The third-order valence-corrected chi connectivity index (χ3v) is 4.01. The van der Waals surface area contributed by atoms with E-state index in [0.717, 1.165) is 4.47 Å². The summed E-state index contributed by atoms with van der Waals surface area (Å²) < 4.78 is 16.6. The summed E-state index contributed by atoms with van der Waals surface area (Å²) in [6, 6.07) is 12.5. The van der Waals surface area contributed by atoms with Crippen LogP contribution in [0, 0.1) is 0 Å². The van der Waals surface area contributed by atoms with Gasteiger partial charge in [-0.25, -0.2) is 0 Å². The van der Waals surface area contributed by atoms with E-state index in [9.17, 15) is 4.79 Å². The SMILES string of the molecule is COCCOc1ccc(Br)cc1C(=O)NC(=S)Nc1ccccc1OC. The number of rotatable bonds is 7. The number of hydrogen-bond donors (Lipinski definition) is 2. The first-order valence-electron chi connectivity index (χ1n) is 7.71. The van der Waals surface area contributed by atoms with E-state index >= 15 is 0 Å². The molecule has 0 atom stereocenters. The van der Waals surface area contributed by atoms with Crippen molar-refractivity contribution in [1.82, 2.24) is 5.32 Å². The lowest BCUT2D eigenvalue weighted by Crippen LogP contribution is -2.34. The van der Waals surface area contributed by atoms with Crippen molar-refractivity contribution in [3.63, 3.8) is 0 Å². The number of amides is 1. The largest absolute Gasteiger partial charge is 0.495 e. The van der Waals surface area contributed by atoms with Crippen LogP contribution in [0.5, 0.6) is 11.5 Å². The van der Waals surface area contributed by atoms with Crippen molar-refractivity contribution >= 4 is 44.9 Å². The maximum Gasteiger partial charge on any atom is 0.261 e. The molecule has 0 fully saturated rings. The lowest BCUT2D eigenvalue weighted by atomic mass is 10.2. The monoisotopic (exact) mass is 438 g/mol. The van der Waals surface area contributed by atoms with Gasteiger partial charge in [0, 0.05) is 11.6 Å². The molecule has 8 heteroatoms. The molecule has 0 aliphatic heterocycles. The highest BCUT2D eigenvalue weighted by Crippen LogP contribution is 2.24. The van der Waals surface area contributed by atoms with Gasteiger partial charge in [-0.15, -0.1) is 0 Å². The van der Waals surface area contributed by atoms with Crippen molar-refractivity contribution in [2.24, 2.45) is 0 Å².